The lowest BCUT2D eigenvalue weighted by Gasteiger charge is -2.06. The first-order valence-corrected chi connectivity index (χ1v) is 5.44. The molecule has 0 aliphatic heterocycles. The average molecular weight is 243 g/mol. The van der Waals surface area contributed by atoms with Crippen molar-refractivity contribution < 1.29 is 4.79 Å². The van der Waals surface area contributed by atoms with E-state index >= 15 is 0 Å². The largest absolute Gasteiger partial charge is 0.373 e. The van der Waals surface area contributed by atoms with Crippen LogP contribution in [0.5, 0.6) is 0 Å². The van der Waals surface area contributed by atoms with Crippen molar-refractivity contribution in [1.82, 2.24) is 15.2 Å². The van der Waals surface area contributed by atoms with Gasteiger partial charge in [0.05, 0.1) is 0 Å². The Bertz CT molecular complexity index is 556. The summed E-state index contributed by atoms with van der Waals surface area (Å²) in [5.41, 5.74) is 1.30. The van der Waals surface area contributed by atoms with E-state index in [0.29, 0.717) is 17.2 Å². The SMILES string of the molecule is CNc1cc(C(=O)Nc2cccnn2)cc(C)n1. The molecule has 92 valence electrons. The van der Waals surface area contributed by atoms with Gasteiger partial charge in [0.25, 0.3) is 5.91 Å². The number of nitrogens with one attached hydrogen (secondary N) is 2. The maximum absolute atomic E-state index is 12.0. The van der Waals surface area contributed by atoms with Crippen LogP contribution in [0.15, 0.2) is 30.5 Å². The van der Waals surface area contributed by atoms with Gasteiger partial charge in [-0.2, -0.15) is 5.10 Å². The molecule has 0 saturated carbocycles. The van der Waals surface area contributed by atoms with Gasteiger partial charge in [-0.25, -0.2) is 4.98 Å². The first-order valence-electron chi connectivity index (χ1n) is 5.44. The predicted octanol–water partition coefficient (Wildman–Crippen LogP) is 1.47. The minimum absolute atomic E-state index is 0.238. The summed E-state index contributed by atoms with van der Waals surface area (Å²) in [6.45, 7) is 1.83. The van der Waals surface area contributed by atoms with Crippen molar-refractivity contribution in [2.45, 2.75) is 6.92 Å². The van der Waals surface area contributed by atoms with Gasteiger partial charge in [0, 0.05) is 24.5 Å². The van der Waals surface area contributed by atoms with Crippen molar-refractivity contribution in [3.63, 3.8) is 0 Å². The molecular formula is C12H13N5O. The summed E-state index contributed by atoms with van der Waals surface area (Å²) in [5.74, 6) is 0.833. The number of carbonyl (C=O) groups excluding carboxylic acids is 1. The highest BCUT2D eigenvalue weighted by atomic mass is 16.1. The van der Waals surface area contributed by atoms with Crippen LogP contribution >= 0.6 is 0 Å². The number of aromatic nitrogens is 3. The van der Waals surface area contributed by atoms with Gasteiger partial charge in [-0.15, -0.1) is 5.10 Å². The van der Waals surface area contributed by atoms with Crippen LogP contribution in [0.2, 0.25) is 0 Å². The molecule has 0 radical (unpaired) electrons. The van der Waals surface area contributed by atoms with E-state index in [1.54, 1.807) is 37.5 Å². The van der Waals surface area contributed by atoms with E-state index in [0.717, 1.165) is 5.69 Å². The number of carbonyl (C=O) groups is 1. The molecule has 0 atom stereocenters. The fourth-order valence-corrected chi connectivity index (χ4v) is 1.48. The molecule has 2 N–H and O–H groups in total. The van der Waals surface area contributed by atoms with Crippen molar-refractivity contribution in [3.05, 3.63) is 41.7 Å². The Labute approximate surface area is 104 Å². The number of aryl methyl sites for hydroxylation is 1. The first-order chi connectivity index (χ1) is 8.69. The normalized spacial score (nSPS) is 9.89. The zero-order valence-electron chi connectivity index (χ0n) is 10.1. The minimum Gasteiger partial charge on any atom is -0.373 e. The Morgan fingerprint density at radius 2 is 2.11 bits per heavy atom. The summed E-state index contributed by atoms with van der Waals surface area (Å²) in [4.78, 5) is 16.2. The molecule has 0 unspecified atom stereocenters. The monoisotopic (exact) mass is 243 g/mol. The zero-order chi connectivity index (χ0) is 13.0. The van der Waals surface area contributed by atoms with Crippen LogP contribution in [0, 0.1) is 6.92 Å². The second kappa shape index (κ2) is 5.22. The highest BCUT2D eigenvalue weighted by Crippen LogP contribution is 2.11. The molecule has 0 bridgehead atoms. The molecule has 18 heavy (non-hydrogen) atoms. The topological polar surface area (TPSA) is 79.8 Å². The molecule has 2 rings (SSSR count). The Morgan fingerprint density at radius 3 is 2.78 bits per heavy atom. The molecule has 0 aromatic carbocycles. The molecular weight excluding hydrogens is 230 g/mol. The van der Waals surface area contributed by atoms with Crippen LogP contribution in [0.1, 0.15) is 16.1 Å². The smallest absolute Gasteiger partial charge is 0.257 e. The van der Waals surface area contributed by atoms with Gasteiger partial charge >= 0.3 is 0 Å². The molecule has 0 spiro atoms. The molecule has 2 heterocycles. The van der Waals surface area contributed by atoms with E-state index in [9.17, 15) is 4.79 Å². The lowest BCUT2D eigenvalue weighted by atomic mass is 10.2. The first kappa shape index (κ1) is 12.0. The van der Waals surface area contributed by atoms with Crippen molar-refractivity contribution >= 4 is 17.5 Å². The molecule has 0 saturated heterocycles. The van der Waals surface area contributed by atoms with Gasteiger partial charge in [-0.1, -0.05) is 0 Å². The van der Waals surface area contributed by atoms with Crippen molar-refractivity contribution in [2.75, 3.05) is 17.7 Å². The van der Waals surface area contributed by atoms with Crippen LogP contribution in [-0.2, 0) is 0 Å². The van der Waals surface area contributed by atoms with Crippen LogP contribution in [0.25, 0.3) is 0 Å². The molecule has 0 aliphatic carbocycles. The van der Waals surface area contributed by atoms with Gasteiger partial charge < -0.3 is 10.6 Å². The van der Waals surface area contributed by atoms with Crippen LogP contribution in [-0.4, -0.2) is 28.1 Å². The summed E-state index contributed by atoms with van der Waals surface area (Å²) in [7, 11) is 1.76. The predicted molar refractivity (Wildman–Crippen MR) is 68.5 cm³/mol. The van der Waals surface area contributed by atoms with Gasteiger partial charge in [0.2, 0.25) is 0 Å². The van der Waals surface area contributed by atoms with Crippen molar-refractivity contribution in [1.29, 1.82) is 0 Å². The quantitative estimate of drug-likeness (QED) is 0.853. The molecule has 2 aromatic heterocycles. The third-order valence-electron chi connectivity index (χ3n) is 2.29. The van der Waals surface area contributed by atoms with E-state index in [2.05, 4.69) is 25.8 Å². The molecule has 6 heteroatoms. The average Bonchev–Trinajstić information content (AvgIpc) is 2.39. The van der Waals surface area contributed by atoms with Gasteiger partial charge in [-0.3, -0.25) is 4.79 Å². The third kappa shape index (κ3) is 2.79. The van der Waals surface area contributed by atoms with E-state index in [1.807, 2.05) is 6.92 Å². The highest BCUT2D eigenvalue weighted by Gasteiger charge is 2.09. The van der Waals surface area contributed by atoms with Gasteiger partial charge in [0.15, 0.2) is 5.82 Å². The standard InChI is InChI=1S/C12H13N5O/c1-8-6-9(7-11(13-2)15-8)12(18)16-10-4-3-5-14-17-10/h3-7H,1-2H3,(H,13,15)(H,16,17,18). The lowest BCUT2D eigenvalue weighted by Crippen LogP contribution is -2.14. The lowest BCUT2D eigenvalue weighted by molar-refractivity contribution is 0.102. The van der Waals surface area contributed by atoms with Crippen LogP contribution < -0.4 is 10.6 Å². The van der Waals surface area contributed by atoms with Crippen molar-refractivity contribution in [3.8, 4) is 0 Å². The number of pyridine rings is 1. The summed E-state index contributed by atoms with van der Waals surface area (Å²) in [6, 6.07) is 6.78. The Morgan fingerprint density at radius 1 is 1.28 bits per heavy atom. The molecule has 0 fully saturated rings. The van der Waals surface area contributed by atoms with E-state index in [-0.39, 0.29) is 5.91 Å². The van der Waals surface area contributed by atoms with E-state index < -0.39 is 0 Å². The summed E-state index contributed by atoms with van der Waals surface area (Å²) in [5, 5.41) is 13.1. The zero-order valence-corrected chi connectivity index (χ0v) is 10.1. The number of amides is 1. The molecule has 6 nitrogen and oxygen atoms in total. The minimum atomic E-state index is -0.238. The fourth-order valence-electron chi connectivity index (χ4n) is 1.48. The van der Waals surface area contributed by atoms with Gasteiger partial charge in [-0.05, 0) is 31.2 Å². The summed E-state index contributed by atoms with van der Waals surface area (Å²) in [6.07, 6.45) is 1.55. The molecule has 0 aliphatic rings. The summed E-state index contributed by atoms with van der Waals surface area (Å²) < 4.78 is 0. The van der Waals surface area contributed by atoms with Gasteiger partial charge in [0.1, 0.15) is 5.82 Å². The van der Waals surface area contributed by atoms with Crippen molar-refractivity contribution in [2.24, 2.45) is 0 Å². The highest BCUT2D eigenvalue weighted by molar-refractivity contribution is 6.04. The second-order valence-corrected chi connectivity index (χ2v) is 3.70. The Hall–Kier alpha value is -2.50. The third-order valence-corrected chi connectivity index (χ3v) is 2.29. The summed E-state index contributed by atoms with van der Waals surface area (Å²) >= 11 is 0. The fraction of sp³-hybridized carbons (Fsp3) is 0.167. The number of anilines is 2. The maximum Gasteiger partial charge on any atom is 0.257 e. The van der Waals surface area contributed by atoms with E-state index in [1.165, 1.54) is 0 Å². The van der Waals surface area contributed by atoms with Crippen LogP contribution in [0.3, 0.4) is 0 Å². The second-order valence-electron chi connectivity index (χ2n) is 3.70. The molecule has 1 amide bonds. The Kier molecular flexibility index (Phi) is 3.47. The maximum atomic E-state index is 12.0. The van der Waals surface area contributed by atoms with Crippen LogP contribution in [0.4, 0.5) is 11.6 Å². The number of hydrogen-bond acceptors (Lipinski definition) is 5. The molecule has 2 aromatic rings. The number of nitrogens with zero attached hydrogens (tertiary/aromatic N) is 3. The Balaban J connectivity index is 2.21. The number of rotatable bonds is 3. The number of hydrogen-bond donors (Lipinski definition) is 2. The van der Waals surface area contributed by atoms with E-state index in [4.69, 9.17) is 0 Å².